The SMILES string of the molecule is CCc1ccc2c(c1)C(c1cccs1)=NNC(c1ccc(C(C)C)cc1)=N2. The van der Waals surface area contributed by atoms with E-state index in [1.54, 1.807) is 11.3 Å². The number of fused-ring (bicyclic) bond motifs is 1. The molecule has 0 amide bonds. The van der Waals surface area contributed by atoms with E-state index in [0.29, 0.717) is 5.92 Å². The van der Waals surface area contributed by atoms with Gasteiger partial charge in [0.1, 0.15) is 5.71 Å². The molecule has 4 rings (SSSR count). The number of hydrogen-bond donors (Lipinski definition) is 1. The van der Waals surface area contributed by atoms with Crippen molar-refractivity contribution in [2.45, 2.75) is 33.1 Å². The zero-order chi connectivity index (χ0) is 18.8. The molecule has 1 aliphatic heterocycles. The van der Waals surface area contributed by atoms with Gasteiger partial charge in [-0.3, -0.25) is 5.43 Å². The summed E-state index contributed by atoms with van der Waals surface area (Å²) in [5.74, 6) is 1.29. The van der Waals surface area contributed by atoms with E-state index in [1.165, 1.54) is 11.1 Å². The maximum Gasteiger partial charge on any atom is 0.154 e. The molecule has 4 heteroatoms. The van der Waals surface area contributed by atoms with Gasteiger partial charge in [-0.1, -0.05) is 57.2 Å². The Bertz CT molecular complexity index is 997. The average Bonchev–Trinajstić information content (AvgIpc) is 3.15. The normalized spacial score (nSPS) is 13.5. The molecule has 0 saturated heterocycles. The maximum absolute atomic E-state index is 4.92. The van der Waals surface area contributed by atoms with E-state index in [9.17, 15) is 0 Å². The highest BCUT2D eigenvalue weighted by atomic mass is 32.1. The number of nitrogens with zero attached hydrogens (tertiary/aromatic N) is 2. The van der Waals surface area contributed by atoms with Crippen LogP contribution in [0.5, 0.6) is 0 Å². The molecular formula is C23H23N3S. The average molecular weight is 374 g/mol. The largest absolute Gasteiger partial charge is 0.260 e. The first-order valence-corrected chi connectivity index (χ1v) is 10.2. The molecule has 1 aromatic heterocycles. The lowest BCUT2D eigenvalue weighted by molar-refractivity contribution is 0.866. The van der Waals surface area contributed by atoms with Crippen LogP contribution in [0, 0.1) is 0 Å². The van der Waals surface area contributed by atoms with Crippen LogP contribution in [0.25, 0.3) is 0 Å². The number of hydrogen-bond acceptors (Lipinski definition) is 4. The minimum Gasteiger partial charge on any atom is -0.260 e. The first-order chi connectivity index (χ1) is 13.2. The molecule has 0 fully saturated rings. The maximum atomic E-state index is 4.92. The summed E-state index contributed by atoms with van der Waals surface area (Å²) in [5.41, 5.74) is 9.85. The number of aliphatic imine (C=N–C) groups is 1. The second-order valence-electron chi connectivity index (χ2n) is 6.99. The van der Waals surface area contributed by atoms with Crippen molar-refractivity contribution in [1.82, 2.24) is 5.43 Å². The van der Waals surface area contributed by atoms with Crippen molar-refractivity contribution in [3.8, 4) is 0 Å². The summed E-state index contributed by atoms with van der Waals surface area (Å²) in [6, 6.07) is 19.2. The number of nitrogens with one attached hydrogen (secondary N) is 1. The Morgan fingerprint density at radius 2 is 1.85 bits per heavy atom. The smallest absolute Gasteiger partial charge is 0.154 e. The van der Waals surface area contributed by atoms with Gasteiger partial charge in [-0.15, -0.1) is 11.3 Å². The van der Waals surface area contributed by atoms with Crippen LogP contribution < -0.4 is 5.43 Å². The Kier molecular flexibility index (Phi) is 4.90. The summed E-state index contributed by atoms with van der Waals surface area (Å²) in [4.78, 5) is 6.06. The van der Waals surface area contributed by atoms with Crippen LogP contribution in [-0.4, -0.2) is 11.5 Å². The highest BCUT2D eigenvalue weighted by Gasteiger charge is 2.18. The molecule has 0 radical (unpaired) electrons. The predicted molar refractivity (Wildman–Crippen MR) is 116 cm³/mol. The quantitative estimate of drug-likeness (QED) is 0.610. The molecule has 0 unspecified atom stereocenters. The van der Waals surface area contributed by atoms with Crippen LogP contribution in [0.1, 0.15) is 53.8 Å². The van der Waals surface area contributed by atoms with Crippen molar-refractivity contribution >= 4 is 28.6 Å². The Morgan fingerprint density at radius 3 is 2.52 bits per heavy atom. The van der Waals surface area contributed by atoms with Crippen molar-refractivity contribution in [3.63, 3.8) is 0 Å². The van der Waals surface area contributed by atoms with Gasteiger partial charge in [0, 0.05) is 11.1 Å². The van der Waals surface area contributed by atoms with Gasteiger partial charge >= 0.3 is 0 Å². The molecule has 1 N–H and O–H groups in total. The number of hydrazone groups is 1. The fourth-order valence-corrected chi connectivity index (χ4v) is 3.89. The third kappa shape index (κ3) is 3.58. The van der Waals surface area contributed by atoms with Crippen LogP contribution in [0.2, 0.25) is 0 Å². The van der Waals surface area contributed by atoms with Crippen LogP contribution in [0.15, 0.2) is 70.1 Å². The number of rotatable bonds is 4. The molecule has 3 nitrogen and oxygen atoms in total. The molecule has 0 atom stereocenters. The van der Waals surface area contributed by atoms with E-state index in [4.69, 9.17) is 10.1 Å². The van der Waals surface area contributed by atoms with E-state index in [1.807, 2.05) is 0 Å². The Hall–Kier alpha value is -2.72. The Labute approximate surface area is 164 Å². The van der Waals surface area contributed by atoms with Crippen LogP contribution in [0.3, 0.4) is 0 Å². The van der Waals surface area contributed by atoms with Gasteiger partial charge in [-0.2, -0.15) is 5.10 Å². The molecule has 1 aliphatic rings. The number of benzene rings is 2. The van der Waals surface area contributed by atoms with Crippen molar-refractivity contribution in [2.75, 3.05) is 0 Å². The zero-order valence-electron chi connectivity index (χ0n) is 15.9. The van der Waals surface area contributed by atoms with Gasteiger partial charge in [-0.25, -0.2) is 4.99 Å². The van der Waals surface area contributed by atoms with E-state index in [2.05, 4.69) is 86.2 Å². The molecule has 2 aromatic carbocycles. The summed E-state index contributed by atoms with van der Waals surface area (Å²) < 4.78 is 0. The minimum atomic E-state index is 0.514. The van der Waals surface area contributed by atoms with E-state index < -0.39 is 0 Å². The van der Waals surface area contributed by atoms with Crippen molar-refractivity contribution in [3.05, 3.63) is 87.1 Å². The van der Waals surface area contributed by atoms with Gasteiger partial charge in [0.25, 0.3) is 0 Å². The highest BCUT2D eigenvalue weighted by Crippen LogP contribution is 2.28. The van der Waals surface area contributed by atoms with Gasteiger partial charge in [0.05, 0.1) is 10.6 Å². The van der Waals surface area contributed by atoms with Gasteiger partial charge < -0.3 is 0 Å². The van der Waals surface area contributed by atoms with Crippen molar-refractivity contribution in [2.24, 2.45) is 10.1 Å². The summed E-state index contributed by atoms with van der Waals surface area (Å²) in [6.45, 7) is 6.58. The highest BCUT2D eigenvalue weighted by molar-refractivity contribution is 7.12. The standard InChI is InChI=1S/C23H23N3S/c1-4-16-7-12-20-19(14-16)22(21-6-5-13-27-21)25-26-23(24-20)18-10-8-17(9-11-18)15(2)3/h5-15H,4H2,1-3H3,(H,24,26). The lowest BCUT2D eigenvalue weighted by Crippen LogP contribution is -2.19. The summed E-state index contributed by atoms with van der Waals surface area (Å²) in [5, 5.41) is 6.83. The molecule has 2 heterocycles. The fraction of sp³-hybridized carbons (Fsp3) is 0.217. The monoisotopic (exact) mass is 373 g/mol. The zero-order valence-corrected chi connectivity index (χ0v) is 16.7. The molecule has 0 bridgehead atoms. The third-order valence-electron chi connectivity index (χ3n) is 4.84. The molecule has 0 saturated carbocycles. The van der Waals surface area contributed by atoms with E-state index in [0.717, 1.165) is 39.7 Å². The topological polar surface area (TPSA) is 36.8 Å². The first kappa shape index (κ1) is 17.7. The van der Waals surface area contributed by atoms with E-state index >= 15 is 0 Å². The molecule has 0 aliphatic carbocycles. The summed E-state index contributed by atoms with van der Waals surface area (Å²) in [6.07, 6.45) is 0.992. The van der Waals surface area contributed by atoms with Crippen LogP contribution >= 0.6 is 11.3 Å². The molecule has 3 aromatic rings. The van der Waals surface area contributed by atoms with Crippen molar-refractivity contribution in [1.29, 1.82) is 0 Å². The van der Waals surface area contributed by atoms with Crippen LogP contribution in [-0.2, 0) is 6.42 Å². The fourth-order valence-electron chi connectivity index (χ4n) is 3.16. The molecule has 27 heavy (non-hydrogen) atoms. The van der Waals surface area contributed by atoms with Crippen molar-refractivity contribution < 1.29 is 0 Å². The molecule has 136 valence electrons. The number of thiophene rings is 1. The first-order valence-electron chi connectivity index (χ1n) is 9.35. The van der Waals surface area contributed by atoms with Gasteiger partial charge in [-0.05, 0) is 47.0 Å². The lowest BCUT2D eigenvalue weighted by Gasteiger charge is -2.08. The third-order valence-corrected chi connectivity index (χ3v) is 5.71. The minimum absolute atomic E-state index is 0.514. The second kappa shape index (κ2) is 7.49. The second-order valence-corrected chi connectivity index (χ2v) is 7.94. The van der Waals surface area contributed by atoms with E-state index in [-0.39, 0.29) is 0 Å². The Balaban J connectivity index is 1.81. The molecule has 0 spiro atoms. The Morgan fingerprint density at radius 1 is 1.04 bits per heavy atom. The summed E-state index contributed by atoms with van der Waals surface area (Å²) in [7, 11) is 0. The summed E-state index contributed by atoms with van der Waals surface area (Å²) >= 11 is 1.70. The lowest BCUT2D eigenvalue weighted by atomic mass is 10.0. The molecular weight excluding hydrogens is 350 g/mol. The predicted octanol–water partition coefficient (Wildman–Crippen LogP) is 5.87. The van der Waals surface area contributed by atoms with Gasteiger partial charge in [0.2, 0.25) is 0 Å². The van der Waals surface area contributed by atoms with Crippen LogP contribution in [0.4, 0.5) is 5.69 Å². The van der Waals surface area contributed by atoms with Gasteiger partial charge in [0.15, 0.2) is 5.84 Å². The number of aryl methyl sites for hydroxylation is 1. The number of amidine groups is 1.